The topological polar surface area (TPSA) is 12.0 Å². The van der Waals surface area contributed by atoms with Crippen LogP contribution in [0.15, 0.2) is 0 Å². The number of rotatable bonds is 0. The van der Waals surface area contributed by atoms with Gasteiger partial charge in [0.15, 0.2) is 0 Å². The van der Waals surface area contributed by atoms with Crippen LogP contribution in [0.3, 0.4) is 0 Å². The van der Waals surface area contributed by atoms with Gasteiger partial charge in [-0.3, -0.25) is 0 Å². The van der Waals surface area contributed by atoms with Gasteiger partial charge < -0.3 is 5.32 Å². The normalized spacial score (nSPS) is 49.9. The Morgan fingerprint density at radius 3 is 2.00 bits per heavy atom. The molecule has 1 N–H and O–H groups in total. The molecule has 1 aliphatic heterocycles. The zero-order valence-electron chi connectivity index (χ0n) is 4.43. The molecule has 1 aliphatic carbocycles. The third kappa shape index (κ3) is 0.789. The fourth-order valence-electron chi connectivity index (χ4n) is 1.34. The largest absolute Gasteiger partial charge is 0.316 e. The predicted molar refractivity (Wildman–Crippen MR) is 39.8 cm³/mol. The highest BCUT2D eigenvalue weighted by molar-refractivity contribution is 9.09. The fourth-order valence-corrected chi connectivity index (χ4v) is 2.32. The van der Waals surface area contributed by atoms with Gasteiger partial charge in [0.25, 0.3) is 0 Å². The van der Waals surface area contributed by atoms with Gasteiger partial charge in [-0.05, 0) is 24.9 Å². The molecule has 3 heteroatoms. The van der Waals surface area contributed by atoms with E-state index in [1.807, 2.05) is 0 Å². The van der Waals surface area contributed by atoms with Gasteiger partial charge in [-0.15, -0.1) is 12.4 Å². The molecule has 2 aliphatic rings. The maximum Gasteiger partial charge on any atom is 0.0233 e. The molecule has 0 radical (unpaired) electrons. The molecule has 1 saturated carbocycles. The summed E-state index contributed by atoms with van der Waals surface area (Å²) in [6, 6.07) is 0. The summed E-state index contributed by atoms with van der Waals surface area (Å²) >= 11 is 3.59. The Hall–Kier alpha value is 0.730. The number of hydrogen-bond acceptors (Lipinski definition) is 1. The summed E-state index contributed by atoms with van der Waals surface area (Å²) in [5, 5.41) is 3.32. The molecular formula is C5H9BrClN. The number of hydrogen-bond donors (Lipinski definition) is 1. The summed E-state index contributed by atoms with van der Waals surface area (Å²) < 4.78 is 0. The van der Waals surface area contributed by atoms with Gasteiger partial charge in [0.05, 0.1) is 0 Å². The minimum Gasteiger partial charge on any atom is -0.316 e. The van der Waals surface area contributed by atoms with E-state index in [1.54, 1.807) is 0 Å². The Morgan fingerprint density at radius 2 is 1.75 bits per heavy atom. The smallest absolute Gasteiger partial charge is 0.0233 e. The van der Waals surface area contributed by atoms with Crippen LogP contribution >= 0.6 is 28.3 Å². The van der Waals surface area contributed by atoms with Crippen molar-refractivity contribution in [1.82, 2.24) is 5.32 Å². The first-order chi connectivity index (χ1) is 3.39. The summed E-state index contributed by atoms with van der Waals surface area (Å²) in [6.07, 6.45) is 0. The molecule has 0 spiro atoms. The van der Waals surface area contributed by atoms with Gasteiger partial charge in [0, 0.05) is 4.83 Å². The number of halogens is 2. The van der Waals surface area contributed by atoms with Crippen LogP contribution in [-0.4, -0.2) is 17.9 Å². The fraction of sp³-hybridized carbons (Fsp3) is 1.00. The Morgan fingerprint density at radius 1 is 1.25 bits per heavy atom. The van der Waals surface area contributed by atoms with Gasteiger partial charge in [0.1, 0.15) is 0 Å². The minimum absolute atomic E-state index is 0. The summed E-state index contributed by atoms with van der Waals surface area (Å²) in [5.41, 5.74) is 0. The molecule has 1 heterocycles. The molecule has 2 rings (SSSR count). The van der Waals surface area contributed by atoms with Crippen molar-refractivity contribution in [3.8, 4) is 0 Å². The molecule has 0 amide bonds. The molecule has 2 unspecified atom stereocenters. The Balaban J connectivity index is 0.000000320. The molecule has 2 fully saturated rings. The second-order valence-corrected chi connectivity index (χ2v) is 3.49. The van der Waals surface area contributed by atoms with Crippen LogP contribution in [0.25, 0.3) is 0 Å². The lowest BCUT2D eigenvalue weighted by atomic mass is 10.4. The van der Waals surface area contributed by atoms with Crippen molar-refractivity contribution in [2.75, 3.05) is 13.1 Å². The van der Waals surface area contributed by atoms with Gasteiger partial charge in [-0.1, -0.05) is 15.9 Å². The Bertz CT molecular complexity index is 88.4. The average Bonchev–Trinajstić information content (AvgIpc) is 2.26. The summed E-state index contributed by atoms with van der Waals surface area (Å²) in [4.78, 5) is 0.869. The number of nitrogens with one attached hydrogen (secondary N) is 1. The van der Waals surface area contributed by atoms with E-state index in [0.29, 0.717) is 0 Å². The molecule has 1 saturated heterocycles. The van der Waals surface area contributed by atoms with Crippen molar-refractivity contribution < 1.29 is 0 Å². The van der Waals surface area contributed by atoms with Crippen molar-refractivity contribution in [1.29, 1.82) is 0 Å². The molecule has 0 bridgehead atoms. The number of alkyl halides is 1. The van der Waals surface area contributed by atoms with Crippen molar-refractivity contribution in [3.05, 3.63) is 0 Å². The van der Waals surface area contributed by atoms with Crippen LogP contribution in [0.1, 0.15) is 0 Å². The predicted octanol–water partition coefficient (Wildman–Crippen LogP) is 1.02. The van der Waals surface area contributed by atoms with E-state index in [-0.39, 0.29) is 12.4 Å². The van der Waals surface area contributed by atoms with E-state index in [2.05, 4.69) is 21.2 Å². The lowest BCUT2D eigenvalue weighted by Gasteiger charge is -1.92. The quantitative estimate of drug-likeness (QED) is 0.573. The van der Waals surface area contributed by atoms with Crippen LogP contribution in [0.2, 0.25) is 0 Å². The van der Waals surface area contributed by atoms with Crippen molar-refractivity contribution >= 4 is 28.3 Å². The van der Waals surface area contributed by atoms with E-state index in [9.17, 15) is 0 Å². The lowest BCUT2D eigenvalue weighted by Crippen LogP contribution is -2.14. The third-order valence-electron chi connectivity index (χ3n) is 1.99. The first-order valence-electron chi connectivity index (χ1n) is 2.74. The summed E-state index contributed by atoms with van der Waals surface area (Å²) in [5.74, 6) is 1.97. The van der Waals surface area contributed by atoms with E-state index < -0.39 is 0 Å². The van der Waals surface area contributed by atoms with Crippen molar-refractivity contribution in [2.24, 2.45) is 11.8 Å². The molecule has 0 aromatic heterocycles. The van der Waals surface area contributed by atoms with Gasteiger partial charge in [-0.25, -0.2) is 0 Å². The van der Waals surface area contributed by atoms with E-state index in [1.165, 1.54) is 13.1 Å². The SMILES string of the molecule is BrC1C2CNCC12.Cl. The van der Waals surface area contributed by atoms with Crippen LogP contribution in [-0.2, 0) is 0 Å². The highest BCUT2D eigenvalue weighted by Gasteiger charge is 2.50. The summed E-state index contributed by atoms with van der Waals surface area (Å²) in [7, 11) is 0. The van der Waals surface area contributed by atoms with Crippen molar-refractivity contribution in [2.45, 2.75) is 4.83 Å². The van der Waals surface area contributed by atoms with Crippen LogP contribution in [0.5, 0.6) is 0 Å². The zero-order valence-corrected chi connectivity index (χ0v) is 6.83. The zero-order chi connectivity index (χ0) is 4.85. The van der Waals surface area contributed by atoms with Crippen LogP contribution in [0.4, 0.5) is 0 Å². The van der Waals surface area contributed by atoms with Crippen molar-refractivity contribution in [3.63, 3.8) is 0 Å². The molecule has 8 heavy (non-hydrogen) atoms. The monoisotopic (exact) mass is 197 g/mol. The van der Waals surface area contributed by atoms with Gasteiger partial charge in [0.2, 0.25) is 0 Å². The first-order valence-corrected chi connectivity index (χ1v) is 3.66. The average molecular weight is 198 g/mol. The number of fused-ring (bicyclic) bond motifs is 1. The Kier molecular flexibility index (Phi) is 1.85. The second kappa shape index (κ2) is 2.16. The molecular weight excluding hydrogens is 189 g/mol. The van der Waals surface area contributed by atoms with E-state index in [4.69, 9.17) is 0 Å². The minimum atomic E-state index is 0. The lowest BCUT2D eigenvalue weighted by molar-refractivity contribution is 0.741. The van der Waals surface area contributed by atoms with Crippen LogP contribution < -0.4 is 5.32 Å². The first kappa shape index (κ1) is 6.84. The molecule has 0 aromatic carbocycles. The molecule has 0 aromatic rings. The molecule has 48 valence electrons. The maximum absolute atomic E-state index is 3.59. The highest BCUT2D eigenvalue weighted by atomic mass is 79.9. The molecule has 2 atom stereocenters. The molecule has 1 nitrogen and oxygen atoms in total. The van der Waals surface area contributed by atoms with E-state index >= 15 is 0 Å². The third-order valence-corrected chi connectivity index (χ3v) is 3.35. The van der Waals surface area contributed by atoms with Gasteiger partial charge >= 0.3 is 0 Å². The second-order valence-electron chi connectivity index (χ2n) is 2.43. The van der Waals surface area contributed by atoms with Gasteiger partial charge in [-0.2, -0.15) is 0 Å². The highest BCUT2D eigenvalue weighted by Crippen LogP contribution is 2.47. The van der Waals surface area contributed by atoms with E-state index in [0.717, 1.165) is 16.7 Å². The maximum atomic E-state index is 3.59. The Labute approximate surface area is 63.8 Å². The standard InChI is InChI=1S/C5H8BrN.ClH/c6-5-3-1-7-2-4(3)5;/h3-5,7H,1-2H2;1H. The number of piperidine rings is 1. The van der Waals surface area contributed by atoms with Crippen LogP contribution in [0, 0.1) is 11.8 Å². The summed E-state index contributed by atoms with van der Waals surface area (Å²) in [6.45, 7) is 2.50.